The highest BCUT2D eigenvalue weighted by Crippen LogP contribution is 2.28. The van der Waals surface area contributed by atoms with Crippen LogP contribution in [-0.4, -0.2) is 23.3 Å². The number of benzene rings is 2. The molecule has 0 unspecified atom stereocenters. The highest BCUT2D eigenvalue weighted by atomic mass is 32.1. The second-order valence-corrected chi connectivity index (χ2v) is 7.34. The van der Waals surface area contributed by atoms with E-state index in [1.807, 2.05) is 31.4 Å². The van der Waals surface area contributed by atoms with Gasteiger partial charge in [-0.2, -0.15) is 4.37 Å². The van der Waals surface area contributed by atoms with Crippen LogP contribution < -0.4 is 10.2 Å². The smallest absolute Gasteiger partial charge is 0.303 e. The first-order chi connectivity index (χ1) is 13.0. The van der Waals surface area contributed by atoms with Crippen LogP contribution in [-0.2, 0) is 17.8 Å². The predicted molar refractivity (Wildman–Crippen MR) is 112 cm³/mol. The van der Waals surface area contributed by atoms with E-state index in [1.54, 1.807) is 0 Å². The summed E-state index contributed by atoms with van der Waals surface area (Å²) < 4.78 is 10.6. The number of carbonyl (C=O) groups is 1. The number of aliphatic carboxylic acids is 1. The highest BCUT2D eigenvalue weighted by molar-refractivity contribution is 7.04. The van der Waals surface area contributed by atoms with E-state index in [0.717, 1.165) is 39.3 Å². The molecule has 138 valence electrons. The molecular weight excluding hydrogens is 357 g/mol. The number of nitrogens with zero attached hydrogens (tertiary/aromatic N) is 1. The maximum Gasteiger partial charge on any atom is 0.303 e. The molecule has 2 aromatic carbocycles. The molecule has 6 heteroatoms. The second-order valence-electron chi connectivity index (χ2n) is 6.71. The van der Waals surface area contributed by atoms with Crippen molar-refractivity contribution in [3.05, 3.63) is 64.0 Å². The van der Waals surface area contributed by atoms with Crippen molar-refractivity contribution in [2.75, 3.05) is 0 Å². The lowest BCUT2D eigenvalue weighted by molar-refractivity contribution is -0.136. The van der Waals surface area contributed by atoms with Gasteiger partial charge in [-0.15, -0.1) is 0 Å². The Kier molecular flexibility index (Phi) is 5.96. The molecule has 0 aliphatic heterocycles. The standard InChI is InChI=1S/C21H22BNO3S/c1-13-14(2)19(9-5-15(13)6-10-20(24)25)26-11-17-12-27-23-21(17)16-3-7-18(22)8-4-16/h3-5,7-9,12H,6,10-11,22H2,1-2H3,(H,24,25). The van der Waals surface area contributed by atoms with Crippen LogP contribution >= 0.6 is 11.5 Å². The highest BCUT2D eigenvalue weighted by Gasteiger charge is 2.12. The quantitative estimate of drug-likeness (QED) is 0.640. The molecule has 1 N–H and O–H groups in total. The molecule has 4 nitrogen and oxygen atoms in total. The fraction of sp³-hybridized carbons (Fsp3) is 0.238. The van der Waals surface area contributed by atoms with E-state index >= 15 is 0 Å². The number of aryl methyl sites for hydroxylation is 1. The van der Waals surface area contributed by atoms with Crippen molar-refractivity contribution in [2.45, 2.75) is 33.3 Å². The first kappa shape index (κ1) is 19.2. The van der Waals surface area contributed by atoms with Crippen molar-refractivity contribution in [3.8, 4) is 17.0 Å². The molecule has 0 amide bonds. The average molecular weight is 379 g/mol. The van der Waals surface area contributed by atoms with E-state index in [4.69, 9.17) is 9.84 Å². The monoisotopic (exact) mass is 379 g/mol. The minimum absolute atomic E-state index is 0.140. The summed E-state index contributed by atoms with van der Waals surface area (Å²) in [5.74, 6) is 0.0496. The van der Waals surface area contributed by atoms with Crippen LogP contribution in [0.25, 0.3) is 11.3 Å². The molecule has 0 saturated carbocycles. The fourth-order valence-corrected chi connectivity index (χ4v) is 3.67. The Labute approximate surface area is 164 Å². The van der Waals surface area contributed by atoms with E-state index in [1.165, 1.54) is 17.0 Å². The van der Waals surface area contributed by atoms with Gasteiger partial charge in [-0.05, 0) is 54.6 Å². The maximum absolute atomic E-state index is 10.8. The van der Waals surface area contributed by atoms with Crippen molar-refractivity contribution in [1.29, 1.82) is 0 Å². The van der Waals surface area contributed by atoms with E-state index in [0.29, 0.717) is 13.0 Å². The molecule has 0 atom stereocenters. The normalized spacial score (nSPS) is 10.7. The van der Waals surface area contributed by atoms with E-state index in [9.17, 15) is 4.79 Å². The van der Waals surface area contributed by atoms with Crippen LogP contribution in [0.4, 0.5) is 0 Å². The van der Waals surface area contributed by atoms with Gasteiger partial charge in [0.05, 0.1) is 5.69 Å². The van der Waals surface area contributed by atoms with Crippen molar-refractivity contribution < 1.29 is 14.6 Å². The summed E-state index contributed by atoms with van der Waals surface area (Å²) in [6.07, 6.45) is 0.676. The molecule has 0 bridgehead atoms. The molecule has 0 saturated heterocycles. The van der Waals surface area contributed by atoms with Gasteiger partial charge < -0.3 is 9.84 Å². The molecule has 0 fully saturated rings. The van der Waals surface area contributed by atoms with Gasteiger partial charge in [0.2, 0.25) is 0 Å². The Morgan fingerprint density at radius 1 is 1.11 bits per heavy atom. The van der Waals surface area contributed by atoms with Crippen molar-refractivity contribution in [1.82, 2.24) is 4.37 Å². The van der Waals surface area contributed by atoms with Crippen LogP contribution in [0.15, 0.2) is 41.8 Å². The number of carboxylic acids is 1. The lowest BCUT2D eigenvalue weighted by Crippen LogP contribution is -2.03. The van der Waals surface area contributed by atoms with Gasteiger partial charge in [0.1, 0.15) is 20.2 Å². The molecule has 3 rings (SSSR count). The Bertz CT molecular complexity index is 951. The fourth-order valence-electron chi connectivity index (χ4n) is 2.99. The van der Waals surface area contributed by atoms with Gasteiger partial charge in [-0.3, -0.25) is 4.79 Å². The van der Waals surface area contributed by atoms with Gasteiger partial charge in [-0.25, -0.2) is 0 Å². The zero-order chi connectivity index (χ0) is 19.4. The van der Waals surface area contributed by atoms with Gasteiger partial charge in [-0.1, -0.05) is 35.8 Å². The zero-order valence-corrected chi connectivity index (χ0v) is 16.6. The minimum atomic E-state index is -0.777. The van der Waals surface area contributed by atoms with Crippen molar-refractivity contribution in [3.63, 3.8) is 0 Å². The number of hydrogen-bond donors (Lipinski definition) is 1. The van der Waals surface area contributed by atoms with Gasteiger partial charge in [0, 0.05) is 22.9 Å². The lowest BCUT2D eigenvalue weighted by Gasteiger charge is -2.14. The number of carboxylic acid groups (broad SMARTS) is 1. The Morgan fingerprint density at radius 2 is 1.85 bits per heavy atom. The van der Waals surface area contributed by atoms with Gasteiger partial charge >= 0.3 is 5.97 Å². The summed E-state index contributed by atoms with van der Waals surface area (Å²) in [5.41, 5.74) is 7.55. The summed E-state index contributed by atoms with van der Waals surface area (Å²) in [4.78, 5) is 10.8. The Morgan fingerprint density at radius 3 is 2.56 bits per heavy atom. The summed E-state index contributed by atoms with van der Waals surface area (Å²) >= 11 is 1.43. The summed E-state index contributed by atoms with van der Waals surface area (Å²) in [6.45, 7) is 4.49. The second kappa shape index (κ2) is 8.40. The van der Waals surface area contributed by atoms with Crippen LogP contribution in [0, 0.1) is 13.8 Å². The van der Waals surface area contributed by atoms with Gasteiger partial charge in [0.15, 0.2) is 0 Å². The molecule has 0 spiro atoms. The first-order valence-corrected chi connectivity index (χ1v) is 9.73. The van der Waals surface area contributed by atoms with Gasteiger partial charge in [0.25, 0.3) is 0 Å². The molecule has 1 heterocycles. The number of hydrogen-bond acceptors (Lipinski definition) is 4. The third kappa shape index (κ3) is 4.58. The Hall–Kier alpha value is -2.60. The Balaban J connectivity index is 1.74. The summed E-state index contributed by atoms with van der Waals surface area (Å²) in [5, 5.41) is 10.9. The molecule has 1 aromatic heterocycles. The minimum Gasteiger partial charge on any atom is -0.489 e. The SMILES string of the molecule is Bc1ccc(-c2nscc2COc2ccc(CCC(=O)O)c(C)c2C)cc1. The molecule has 0 radical (unpaired) electrons. The number of aromatic nitrogens is 1. The summed E-state index contributed by atoms with van der Waals surface area (Å²) in [7, 11) is 2.07. The van der Waals surface area contributed by atoms with Crippen LogP contribution in [0.1, 0.15) is 28.7 Å². The van der Waals surface area contributed by atoms with E-state index < -0.39 is 5.97 Å². The van der Waals surface area contributed by atoms with Crippen LogP contribution in [0.3, 0.4) is 0 Å². The van der Waals surface area contributed by atoms with E-state index in [-0.39, 0.29) is 6.42 Å². The van der Waals surface area contributed by atoms with Crippen LogP contribution in [0.5, 0.6) is 5.75 Å². The number of rotatable bonds is 7. The molecule has 3 aromatic rings. The summed E-state index contributed by atoms with van der Waals surface area (Å²) in [6, 6.07) is 12.2. The first-order valence-electron chi connectivity index (χ1n) is 8.89. The average Bonchev–Trinajstić information content (AvgIpc) is 3.11. The van der Waals surface area contributed by atoms with Crippen molar-refractivity contribution >= 4 is 30.8 Å². The zero-order valence-electron chi connectivity index (χ0n) is 15.8. The molecule has 0 aliphatic rings. The molecule has 0 aliphatic carbocycles. The number of ether oxygens (including phenoxy) is 1. The third-order valence-electron chi connectivity index (χ3n) is 4.81. The lowest BCUT2D eigenvalue weighted by atomic mass is 9.94. The third-order valence-corrected chi connectivity index (χ3v) is 5.49. The van der Waals surface area contributed by atoms with E-state index in [2.05, 4.69) is 36.5 Å². The molecule has 27 heavy (non-hydrogen) atoms. The molecular formula is C21H22BNO3S. The topological polar surface area (TPSA) is 59.4 Å². The van der Waals surface area contributed by atoms with Crippen molar-refractivity contribution in [2.24, 2.45) is 0 Å². The van der Waals surface area contributed by atoms with Crippen LogP contribution in [0.2, 0.25) is 0 Å². The maximum atomic E-state index is 10.8. The largest absolute Gasteiger partial charge is 0.489 e. The predicted octanol–water partition coefficient (Wildman–Crippen LogP) is 3.28.